The SMILES string of the molecule is COc1ncccc1CNC1COc2cc(O)ccc21. The highest BCUT2D eigenvalue weighted by atomic mass is 16.5. The Morgan fingerprint density at radius 1 is 1.45 bits per heavy atom. The maximum absolute atomic E-state index is 9.43. The third-order valence-electron chi connectivity index (χ3n) is 3.36. The molecule has 20 heavy (non-hydrogen) atoms. The van der Waals surface area contributed by atoms with Crippen LogP contribution in [-0.2, 0) is 6.54 Å². The number of rotatable bonds is 4. The number of nitrogens with zero attached hydrogens (tertiary/aromatic N) is 1. The van der Waals surface area contributed by atoms with E-state index in [1.54, 1.807) is 25.4 Å². The van der Waals surface area contributed by atoms with Crippen LogP contribution in [0.3, 0.4) is 0 Å². The Labute approximate surface area is 117 Å². The van der Waals surface area contributed by atoms with E-state index in [4.69, 9.17) is 9.47 Å². The maximum Gasteiger partial charge on any atom is 0.217 e. The predicted octanol–water partition coefficient (Wildman–Crippen LogP) is 2.02. The minimum absolute atomic E-state index is 0.107. The number of ether oxygens (including phenoxy) is 2. The number of nitrogens with one attached hydrogen (secondary N) is 1. The minimum Gasteiger partial charge on any atom is -0.508 e. The molecule has 1 aliphatic rings. The van der Waals surface area contributed by atoms with Gasteiger partial charge in [-0.1, -0.05) is 6.07 Å². The van der Waals surface area contributed by atoms with Gasteiger partial charge in [0.1, 0.15) is 18.1 Å². The van der Waals surface area contributed by atoms with Crippen molar-refractivity contribution in [2.45, 2.75) is 12.6 Å². The van der Waals surface area contributed by atoms with Gasteiger partial charge in [0.15, 0.2) is 0 Å². The van der Waals surface area contributed by atoms with E-state index in [-0.39, 0.29) is 11.8 Å². The maximum atomic E-state index is 9.43. The second-order valence-electron chi connectivity index (χ2n) is 4.64. The first-order valence-corrected chi connectivity index (χ1v) is 6.45. The van der Waals surface area contributed by atoms with Gasteiger partial charge in [0.25, 0.3) is 0 Å². The van der Waals surface area contributed by atoms with E-state index in [1.165, 1.54) is 0 Å². The van der Waals surface area contributed by atoms with Crippen LogP contribution in [0.4, 0.5) is 0 Å². The van der Waals surface area contributed by atoms with Crippen molar-refractivity contribution < 1.29 is 14.6 Å². The van der Waals surface area contributed by atoms with Gasteiger partial charge in [-0.2, -0.15) is 0 Å². The predicted molar refractivity (Wildman–Crippen MR) is 74.0 cm³/mol. The van der Waals surface area contributed by atoms with Crippen LogP contribution in [-0.4, -0.2) is 23.8 Å². The van der Waals surface area contributed by atoms with Crippen molar-refractivity contribution in [3.8, 4) is 17.4 Å². The molecule has 0 radical (unpaired) electrons. The normalized spacial score (nSPS) is 16.6. The third kappa shape index (κ3) is 2.40. The van der Waals surface area contributed by atoms with E-state index in [1.807, 2.05) is 18.2 Å². The monoisotopic (exact) mass is 272 g/mol. The molecule has 1 aliphatic heterocycles. The summed E-state index contributed by atoms with van der Waals surface area (Å²) >= 11 is 0. The van der Waals surface area contributed by atoms with Crippen LogP contribution in [0.2, 0.25) is 0 Å². The third-order valence-corrected chi connectivity index (χ3v) is 3.36. The molecule has 0 aliphatic carbocycles. The average Bonchev–Trinajstić information content (AvgIpc) is 2.87. The molecule has 104 valence electrons. The van der Waals surface area contributed by atoms with Crippen molar-refractivity contribution >= 4 is 0 Å². The van der Waals surface area contributed by atoms with E-state index >= 15 is 0 Å². The molecule has 0 amide bonds. The summed E-state index contributed by atoms with van der Waals surface area (Å²) in [7, 11) is 1.61. The molecule has 0 saturated carbocycles. The van der Waals surface area contributed by atoms with Crippen LogP contribution in [0.15, 0.2) is 36.5 Å². The molecule has 0 bridgehead atoms. The van der Waals surface area contributed by atoms with Crippen LogP contribution in [0.1, 0.15) is 17.2 Å². The van der Waals surface area contributed by atoms with Crippen molar-refractivity contribution in [2.75, 3.05) is 13.7 Å². The lowest BCUT2D eigenvalue weighted by molar-refractivity contribution is 0.308. The average molecular weight is 272 g/mol. The highest BCUT2D eigenvalue weighted by molar-refractivity contribution is 5.44. The van der Waals surface area contributed by atoms with Crippen molar-refractivity contribution in [1.82, 2.24) is 10.3 Å². The largest absolute Gasteiger partial charge is 0.508 e. The molecule has 3 rings (SSSR count). The molecule has 5 nitrogen and oxygen atoms in total. The van der Waals surface area contributed by atoms with Gasteiger partial charge in [0.2, 0.25) is 5.88 Å². The first-order valence-electron chi connectivity index (χ1n) is 6.45. The van der Waals surface area contributed by atoms with Crippen molar-refractivity contribution in [3.63, 3.8) is 0 Å². The number of fused-ring (bicyclic) bond motifs is 1. The van der Waals surface area contributed by atoms with Crippen molar-refractivity contribution in [3.05, 3.63) is 47.7 Å². The summed E-state index contributed by atoms with van der Waals surface area (Å²) in [5.41, 5.74) is 2.06. The quantitative estimate of drug-likeness (QED) is 0.891. The number of phenolic OH excluding ortho intramolecular Hbond substituents is 1. The molecule has 1 atom stereocenters. The van der Waals surface area contributed by atoms with Crippen molar-refractivity contribution in [2.24, 2.45) is 0 Å². The number of phenols is 1. The van der Waals surface area contributed by atoms with E-state index in [2.05, 4.69) is 10.3 Å². The first-order chi connectivity index (χ1) is 9.78. The Kier molecular flexibility index (Phi) is 3.43. The Morgan fingerprint density at radius 2 is 2.35 bits per heavy atom. The van der Waals surface area contributed by atoms with Crippen molar-refractivity contribution in [1.29, 1.82) is 0 Å². The van der Waals surface area contributed by atoms with E-state index in [9.17, 15) is 5.11 Å². The lowest BCUT2D eigenvalue weighted by atomic mass is 10.1. The number of pyridine rings is 1. The molecule has 1 aromatic heterocycles. The molecule has 2 aromatic rings. The zero-order valence-electron chi connectivity index (χ0n) is 11.2. The number of aromatic nitrogens is 1. The van der Waals surface area contributed by atoms with Gasteiger partial charge in [-0.15, -0.1) is 0 Å². The summed E-state index contributed by atoms with van der Waals surface area (Å²) < 4.78 is 10.8. The molecule has 5 heteroatoms. The summed E-state index contributed by atoms with van der Waals surface area (Å²) in [5, 5.41) is 12.9. The van der Waals surface area contributed by atoms with Gasteiger partial charge in [-0.05, 0) is 18.2 Å². The van der Waals surface area contributed by atoms with Crippen LogP contribution in [0.25, 0.3) is 0 Å². The molecule has 1 aromatic carbocycles. The number of hydrogen-bond donors (Lipinski definition) is 2. The van der Waals surface area contributed by atoms with E-state index in [0.29, 0.717) is 19.0 Å². The highest BCUT2D eigenvalue weighted by Crippen LogP contribution is 2.35. The summed E-state index contributed by atoms with van der Waals surface area (Å²) in [6.07, 6.45) is 1.71. The zero-order valence-corrected chi connectivity index (χ0v) is 11.2. The molecular weight excluding hydrogens is 256 g/mol. The molecular formula is C15H16N2O3. The number of methoxy groups -OCH3 is 1. The summed E-state index contributed by atoms with van der Waals surface area (Å²) in [5.74, 6) is 1.59. The number of aromatic hydroxyl groups is 1. The lowest BCUT2D eigenvalue weighted by Crippen LogP contribution is -2.22. The molecule has 2 heterocycles. The lowest BCUT2D eigenvalue weighted by Gasteiger charge is -2.13. The van der Waals surface area contributed by atoms with Gasteiger partial charge < -0.3 is 19.9 Å². The molecule has 1 unspecified atom stereocenters. The Hall–Kier alpha value is -2.27. The minimum atomic E-state index is 0.107. The number of benzene rings is 1. The van der Waals surface area contributed by atoms with Gasteiger partial charge in [-0.25, -0.2) is 4.98 Å². The second kappa shape index (κ2) is 5.38. The zero-order chi connectivity index (χ0) is 13.9. The fourth-order valence-corrected chi connectivity index (χ4v) is 2.34. The first kappa shape index (κ1) is 12.7. The smallest absolute Gasteiger partial charge is 0.217 e. The van der Waals surface area contributed by atoms with E-state index < -0.39 is 0 Å². The standard InChI is InChI=1S/C15H16N2O3/c1-19-15-10(3-2-6-16-15)8-17-13-9-20-14-7-11(18)4-5-12(13)14/h2-7,13,17-18H,8-9H2,1H3. The van der Waals surface area contributed by atoms with Crippen LogP contribution >= 0.6 is 0 Å². The summed E-state index contributed by atoms with van der Waals surface area (Å²) in [6.45, 7) is 1.20. The van der Waals surface area contributed by atoms with Gasteiger partial charge >= 0.3 is 0 Å². The summed E-state index contributed by atoms with van der Waals surface area (Å²) in [6, 6.07) is 9.17. The Bertz CT molecular complexity index is 616. The Balaban J connectivity index is 1.72. The highest BCUT2D eigenvalue weighted by Gasteiger charge is 2.24. The fraction of sp³-hybridized carbons (Fsp3) is 0.267. The van der Waals surface area contributed by atoms with Gasteiger partial charge in [0.05, 0.1) is 13.2 Å². The fourth-order valence-electron chi connectivity index (χ4n) is 2.34. The van der Waals surface area contributed by atoms with Gasteiger partial charge in [0, 0.05) is 29.9 Å². The van der Waals surface area contributed by atoms with Crippen LogP contribution in [0, 0.1) is 0 Å². The van der Waals surface area contributed by atoms with E-state index in [0.717, 1.165) is 16.9 Å². The molecule has 2 N–H and O–H groups in total. The summed E-state index contributed by atoms with van der Waals surface area (Å²) in [4.78, 5) is 4.17. The molecule has 0 saturated heterocycles. The van der Waals surface area contributed by atoms with Crippen LogP contribution < -0.4 is 14.8 Å². The Morgan fingerprint density at radius 3 is 3.20 bits per heavy atom. The van der Waals surface area contributed by atoms with Crippen LogP contribution in [0.5, 0.6) is 17.4 Å². The second-order valence-corrected chi connectivity index (χ2v) is 4.64. The topological polar surface area (TPSA) is 63.6 Å². The molecule has 0 fully saturated rings. The number of hydrogen-bond acceptors (Lipinski definition) is 5. The molecule has 0 spiro atoms. The van der Waals surface area contributed by atoms with Gasteiger partial charge in [-0.3, -0.25) is 0 Å².